The van der Waals surface area contributed by atoms with Gasteiger partial charge in [0.25, 0.3) is 0 Å². The third-order valence-corrected chi connectivity index (χ3v) is 5.76. The number of aryl methyl sites for hydroxylation is 1. The Hall–Kier alpha value is -1.28. The summed E-state index contributed by atoms with van der Waals surface area (Å²) in [6.45, 7) is 3.76. The van der Waals surface area contributed by atoms with Gasteiger partial charge in [0.2, 0.25) is 10.0 Å². The molecule has 0 fully saturated rings. The molecule has 0 saturated carbocycles. The molecule has 1 unspecified atom stereocenters. The van der Waals surface area contributed by atoms with Crippen molar-refractivity contribution in [2.75, 3.05) is 6.61 Å². The molecular weight excluding hydrogens is 320 g/mol. The lowest BCUT2D eigenvalue weighted by Crippen LogP contribution is -2.32. The molecule has 2 aromatic rings. The zero-order chi connectivity index (χ0) is 16.2. The first-order valence-electron chi connectivity index (χ1n) is 7.08. The number of rotatable bonds is 7. The largest absolute Gasteiger partial charge is 0.396 e. The van der Waals surface area contributed by atoms with Crippen LogP contribution >= 0.6 is 11.3 Å². The molecule has 22 heavy (non-hydrogen) atoms. The molecule has 0 radical (unpaired) electrons. The average molecular weight is 340 g/mol. The summed E-state index contributed by atoms with van der Waals surface area (Å²) in [7, 11) is -3.57. The SMILES string of the molecule is Cc1csc(-c2cccc(S(=O)(=O)NC(C)CCCO)c2)n1. The molecule has 0 aliphatic carbocycles. The Morgan fingerprint density at radius 2 is 2.18 bits per heavy atom. The fourth-order valence-corrected chi connectivity index (χ4v) is 4.19. The number of hydrogen-bond donors (Lipinski definition) is 2. The molecule has 0 saturated heterocycles. The van der Waals surface area contributed by atoms with Gasteiger partial charge < -0.3 is 5.11 Å². The lowest BCUT2D eigenvalue weighted by molar-refractivity contribution is 0.279. The summed E-state index contributed by atoms with van der Waals surface area (Å²) in [4.78, 5) is 4.61. The molecule has 120 valence electrons. The maximum absolute atomic E-state index is 12.4. The lowest BCUT2D eigenvalue weighted by atomic mass is 10.2. The minimum Gasteiger partial charge on any atom is -0.396 e. The maximum atomic E-state index is 12.4. The van der Waals surface area contributed by atoms with Gasteiger partial charge in [0.15, 0.2) is 0 Å². The predicted molar refractivity (Wildman–Crippen MR) is 88.4 cm³/mol. The number of aliphatic hydroxyl groups is 1. The molecule has 0 amide bonds. The normalized spacial score (nSPS) is 13.2. The molecular formula is C15H20N2O3S2. The second-order valence-electron chi connectivity index (χ2n) is 5.21. The van der Waals surface area contributed by atoms with Gasteiger partial charge in [-0.2, -0.15) is 0 Å². The number of hydrogen-bond acceptors (Lipinski definition) is 5. The van der Waals surface area contributed by atoms with Gasteiger partial charge in [0.1, 0.15) is 5.01 Å². The number of aromatic nitrogens is 1. The highest BCUT2D eigenvalue weighted by molar-refractivity contribution is 7.89. The summed E-state index contributed by atoms with van der Waals surface area (Å²) in [5, 5.41) is 11.6. The average Bonchev–Trinajstić information content (AvgIpc) is 2.91. The van der Waals surface area contributed by atoms with Crippen LogP contribution in [0.2, 0.25) is 0 Å². The number of sulfonamides is 1. The Morgan fingerprint density at radius 3 is 2.82 bits per heavy atom. The summed E-state index contributed by atoms with van der Waals surface area (Å²) >= 11 is 1.49. The highest BCUT2D eigenvalue weighted by atomic mass is 32.2. The van der Waals surface area contributed by atoms with Crippen molar-refractivity contribution in [2.45, 2.75) is 37.6 Å². The van der Waals surface area contributed by atoms with Crippen molar-refractivity contribution in [1.29, 1.82) is 0 Å². The van der Waals surface area contributed by atoms with Crippen molar-refractivity contribution in [1.82, 2.24) is 9.71 Å². The van der Waals surface area contributed by atoms with Gasteiger partial charge in [0, 0.05) is 29.3 Å². The number of nitrogens with zero attached hydrogens (tertiary/aromatic N) is 1. The van der Waals surface area contributed by atoms with Gasteiger partial charge >= 0.3 is 0 Å². The molecule has 0 aliphatic heterocycles. The number of thiazole rings is 1. The van der Waals surface area contributed by atoms with Gasteiger partial charge in [-0.15, -0.1) is 11.3 Å². The monoisotopic (exact) mass is 340 g/mol. The Labute approximate surface area is 135 Å². The molecule has 0 aliphatic rings. The lowest BCUT2D eigenvalue weighted by Gasteiger charge is -2.14. The van der Waals surface area contributed by atoms with E-state index in [1.165, 1.54) is 11.3 Å². The fourth-order valence-electron chi connectivity index (χ4n) is 2.07. The number of benzene rings is 1. The zero-order valence-electron chi connectivity index (χ0n) is 12.6. The van der Waals surface area contributed by atoms with Crippen LogP contribution in [-0.2, 0) is 10.0 Å². The molecule has 1 atom stereocenters. The van der Waals surface area contributed by atoms with Crippen LogP contribution in [0.4, 0.5) is 0 Å². The van der Waals surface area contributed by atoms with Crippen molar-refractivity contribution in [3.63, 3.8) is 0 Å². The van der Waals surface area contributed by atoms with Crippen LogP contribution in [0.15, 0.2) is 34.5 Å². The molecule has 5 nitrogen and oxygen atoms in total. The van der Waals surface area contributed by atoms with E-state index in [-0.39, 0.29) is 17.5 Å². The van der Waals surface area contributed by atoms with Crippen LogP contribution < -0.4 is 4.72 Å². The first-order chi connectivity index (χ1) is 10.4. The third-order valence-electron chi connectivity index (χ3n) is 3.16. The van der Waals surface area contributed by atoms with Crippen LogP contribution in [-0.4, -0.2) is 31.2 Å². The second kappa shape index (κ2) is 7.32. The summed E-state index contributed by atoms with van der Waals surface area (Å²) in [6.07, 6.45) is 1.17. The van der Waals surface area contributed by atoms with Crippen LogP contribution in [0.1, 0.15) is 25.5 Å². The minimum absolute atomic E-state index is 0.0605. The van der Waals surface area contributed by atoms with E-state index in [1.807, 2.05) is 18.4 Å². The van der Waals surface area contributed by atoms with Crippen molar-refractivity contribution >= 4 is 21.4 Å². The minimum atomic E-state index is -3.57. The highest BCUT2D eigenvalue weighted by Gasteiger charge is 2.18. The highest BCUT2D eigenvalue weighted by Crippen LogP contribution is 2.25. The van der Waals surface area contributed by atoms with E-state index in [4.69, 9.17) is 5.11 Å². The summed E-state index contributed by atoms with van der Waals surface area (Å²) in [5.74, 6) is 0. The molecule has 7 heteroatoms. The molecule has 2 N–H and O–H groups in total. The van der Waals surface area contributed by atoms with Gasteiger partial charge in [-0.05, 0) is 38.8 Å². The molecule has 0 bridgehead atoms. The third kappa shape index (κ3) is 4.36. The second-order valence-corrected chi connectivity index (χ2v) is 7.78. The zero-order valence-corrected chi connectivity index (χ0v) is 14.2. The van der Waals surface area contributed by atoms with Gasteiger partial charge in [0.05, 0.1) is 4.90 Å². The Morgan fingerprint density at radius 1 is 1.41 bits per heavy atom. The van der Waals surface area contributed by atoms with E-state index in [0.29, 0.717) is 12.8 Å². The van der Waals surface area contributed by atoms with Gasteiger partial charge in [-0.3, -0.25) is 0 Å². The Balaban J connectivity index is 2.21. The Kier molecular flexibility index (Phi) is 5.69. The molecule has 1 aromatic heterocycles. The number of aliphatic hydroxyl groups excluding tert-OH is 1. The van der Waals surface area contributed by atoms with Gasteiger partial charge in [-0.25, -0.2) is 18.1 Å². The van der Waals surface area contributed by atoms with Crippen LogP contribution in [0.25, 0.3) is 10.6 Å². The summed E-state index contributed by atoms with van der Waals surface area (Å²) in [5.41, 5.74) is 1.72. The van der Waals surface area contributed by atoms with Crippen molar-refractivity contribution in [3.05, 3.63) is 35.3 Å². The smallest absolute Gasteiger partial charge is 0.240 e. The first-order valence-corrected chi connectivity index (χ1v) is 9.44. The molecule has 2 rings (SSSR count). The maximum Gasteiger partial charge on any atom is 0.240 e. The van der Waals surface area contributed by atoms with E-state index in [9.17, 15) is 8.42 Å². The number of nitrogens with one attached hydrogen (secondary N) is 1. The standard InChI is InChI=1S/C15H20N2O3S2/c1-11(5-4-8-18)17-22(19,20)14-7-3-6-13(9-14)15-16-12(2)10-21-15/h3,6-7,9-11,17-18H,4-5,8H2,1-2H3. The van der Waals surface area contributed by atoms with Crippen molar-refractivity contribution < 1.29 is 13.5 Å². The summed E-state index contributed by atoms with van der Waals surface area (Å²) < 4.78 is 27.4. The van der Waals surface area contributed by atoms with E-state index in [0.717, 1.165) is 16.3 Å². The van der Waals surface area contributed by atoms with Crippen LogP contribution in [0.3, 0.4) is 0 Å². The van der Waals surface area contributed by atoms with E-state index in [2.05, 4.69) is 9.71 Å². The molecule has 1 aromatic carbocycles. The van der Waals surface area contributed by atoms with E-state index in [1.54, 1.807) is 25.1 Å². The molecule has 1 heterocycles. The van der Waals surface area contributed by atoms with Crippen LogP contribution in [0, 0.1) is 6.92 Å². The van der Waals surface area contributed by atoms with Crippen molar-refractivity contribution in [3.8, 4) is 10.6 Å². The first kappa shape index (κ1) is 17.1. The Bertz CT molecular complexity index is 726. The fraction of sp³-hybridized carbons (Fsp3) is 0.400. The van der Waals surface area contributed by atoms with Crippen molar-refractivity contribution in [2.24, 2.45) is 0 Å². The van der Waals surface area contributed by atoms with Crippen LogP contribution in [0.5, 0.6) is 0 Å². The predicted octanol–water partition coefficient (Wildman–Crippen LogP) is 2.56. The van der Waals surface area contributed by atoms with E-state index < -0.39 is 10.0 Å². The van der Waals surface area contributed by atoms with E-state index >= 15 is 0 Å². The summed E-state index contributed by atoms with van der Waals surface area (Å²) in [6, 6.07) is 6.57. The quantitative estimate of drug-likeness (QED) is 0.812. The molecule has 0 spiro atoms. The topological polar surface area (TPSA) is 79.3 Å². The van der Waals surface area contributed by atoms with Gasteiger partial charge in [-0.1, -0.05) is 12.1 Å².